The Morgan fingerprint density at radius 2 is 1.27 bits per heavy atom. The summed E-state index contributed by atoms with van der Waals surface area (Å²) in [6.45, 7) is 4.73. The molecule has 2 bridgehead atoms. The van der Waals surface area contributed by atoms with Crippen molar-refractivity contribution in [2.75, 3.05) is 0 Å². The van der Waals surface area contributed by atoms with Gasteiger partial charge >= 0.3 is 0 Å². The van der Waals surface area contributed by atoms with Crippen LogP contribution in [-0.4, -0.2) is 0 Å². The van der Waals surface area contributed by atoms with Crippen molar-refractivity contribution in [3.63, 3.8) is 0 Å². The van der Waals surface area contributed by atoms with E-state index in [1.165, 1.54) is 25.7 Å². The van der Waals surface area contributed by atoms with Crippen molar-refractivity contribution in [2.24, 2.45) is 10.8 Å². The number of rotatable bonds is 5. The lowest BCUT2D eigenvalue weighted by Gasteiger charge is -2.53. The van der Waals surface area contributed by atoms with Gasteiger partial charge in [0.2, 0.25) is 0 Å². The van der Waals surface area contributed by atoms with Gasteiger partial charge in [0.15, 0.2) is 0 Å². The third-order valence-electron chi connectivity index (χ3n) is 5.62. The number of unbranched alkanes of at least 4 members (excludes halogenated alkanes) is 2. The Morgan fingerprint density at radius 3 is 1.73 bits per heavy atom. The van der Waals surface area contributed by atoms with Crippen LogP contribution in [-0.2, 0) is 0 Å². The monoisotopic (exact) mass is 208 g/mol. The zero-order chi connectivity index (χ0) is 10.8. The van der Waals surface area contributed by atoms with Gasteiger partial charge in [-0.15, -0.1) is 0 Å². The van der Waals surface area contributed by atoms with Crippen molar-refractivity contribution in [1.82, 2.24) is 0 Å². The standard InChI is InChI=1S/C15H28/c1-3-5-6-7-15-11-8-14(4-2,9-12-15)10-13-15/h3-13H2,1-2H3. The molecule has 0 unspecified atom stereocenters. The number of fused-ring (bicyclic) bond motifs is 3. The van der Waals surface area contributed by atoms with Crippen LogP contribution in [0.15, 0.2) is 0 Å². The molecular formula is C15H28. The van der Waals surface area contributed by atoms with Crippen LogP contribution in [0.3, 0.4) is 0 Å². The van der Waals surface area contributed by atoms with Gasteiger partial charge in [0.25, 0.3) is 0 Å². The van der Waals surface area contributed by atoms with Gasteiger partial charge < -0.3 is 0 Å². The molecule has 3 rings (SSSR count). The maximum atomic E-state index is 2.41. The molecule has 15 heavy (non-hydrogen) atoms. The van der Waals surface area contributed by atoms with E-state index in [1.807, 2.05) is 0 Å². The minimum atomic E-state index is 0.798. The SMILES string of the molecule is CCCCCC12CCC(CC)(CC1)CC2. The summed E-state index contributed by atoms with van der Waals surface area (Å²) in [6, 6.07) is 0. The van der Waals surface area contributed by atoms with Gasteiger partial charge in [0.05, 0.1) is 0 Å². The Balaban J connectivity index is 1.86. The van der Waals surface area contributed by atoms with Crippen LogP contribution in [0.1, 0.15) is 84.5 Å². The molecular weight excluding hydrogens is 180 g/mol. The van der Waals surface area contributed by atoms with Crippen LogP contribution in [0.25, 0.3) is 0 Å². The Labute approximate surface area is 95.8 Å². The third kappa shape index (κ3) is 2.24. The molecule has 0 aliphatic heterocycles. The highest BCUT2D eigenvalue weighted by atomic mass is 14.5. The van der Waals surface area contributed by atoms with E-state index in [-0.39, 0.29) is 0 Å². The molecule has 0 heterocycles. The van der Waals surface area contributed by atoms with Crippen LogP contribution < -0.4 is 0 Å². The second-order valence-electron chi connectivity index (χ2n) is 6.31. The molecule has 0 spiro atoms. The quantitative estimate of drug-likeness (QED) is 0.537. The maximum absolute atomic E-state index is 2.41. The fraction of sp³-hybridized carbons (Fsp3) is 1.00. The largest absolute Gasteiger partial charge is 0.0654 e. The lowest BCUT2D eigenvalue weighted by molar-refractivity contribution is -0.0178. The molecule has 0 atom stereocenters. The summed E-state index contributed by atoms with van der Waals surface area (Å²) < 4.78 is 0. The van der Waals surface area contributed by atoms with E-state index in [4.69, 9.17) is 0 Å². The minimum Gasteiger partial charge on any atom is -0.0654 e. The molecule has 0 aromatic carbocycles. The normalized spacial score (nSPS) is 39.6. The Kier molecular flexibility index (Phi) is 3.42. The summed E-state index contributed by atoms with van der Waals surface area (Å²) in [5, 5.41) is 0. The van der Waals surface area contributed by atoms with E-state index in [9.17, 15) is 0 Å². The van der Waals surface area contributed by atoms with E-state index in [0.29, 0.717) is 0 Å². The molecule has 0 amide bonds. The summed E-state index contributed by atoms with van der Waals surface area (Å²) in [5.74, 6) is 0. The van der Waals surface area contributed by atoms with Gasteiger partial charge in [-0.1, -0.05) is 39.5 Å². The summed E-state index contributed by atoms with van der Waals surface area (Å²) >= 11 is 0. The average molecular weight is 208 g/mol. The molecule has 88 valence electrons. The van der Waals surface area contributed by atoms with E-state index >= 15 is 0 Å². The molecule has 0 saturated heterocycles. The van der Waals surface area contributed by atoms with Gasteiger partial charge in [0.1, 0.15) is 0 Å². The van der Waals surface area contributed by atoms with Crippen LogP contribution in [0.2, 0.25) is 0 Å². The molecule has 0 aromatic rings. The Bertz CT molecular complexity index is 174. The van der Waals surface area contributed by atoms with Crippen molar-refractivity contribution in [2.45, 2.75) is 84.5 Å². The van der Waals surface area contributed by atoms with E-state index in [0.717, 1.165) is 10.8 Å². The molecule has 3 aliphatic rings. The maximum Gasteiger partial charge on any atom is -0.0297 e. The van der Waals surface area contributed by atoms with Crippen molar-refractivity contribution in [3.05, 3.63) is 0 Å². The topological polar surface area (TPSA) is 0 Å². The molecule has 0 aromatic heterocycles. The molecule has 0 radical (unpaired) electrons. The van der Waals surface area contributed by atoms with Crippen molar-refractivity contribution in [3.8, 4) is 0 Å². The first-order chi connectivity index (χ1) is 7.24. The van der Waals surface area contributed by atoms with Gasteiger partial charge in [-0.25, -0.2) is 0 Å². The van der Waals surface area contributed by atoms with Gasteiger partial charge in [-0.3, -0.25) is 0 Å². The van der Waals surface area contributed by atoms with Crippen LogP contribution in [0, 0.1) is 10.8 Å². The van der Waals surface area contributed by atoms with E-state index in [1.54, 1.807) is 44.9 Å². The smallest absolute Gasteiger partial charge is 0.0297 e. The Morgan fingerprint density at radius 1 is 0.733 bits per heavy atom. The van der Waals surface area contributed by atoms with E-state index in [2.05, 4.69) is 13.8 Å². The van der Waals surface area contributed by atoms with Crippen molar-refractivity contribution < 1.29 is 0 Å². The fourth-order valence-corrected chi connectivity index (χ4v) is 4.00. The highest BCUT2D eigenvalue weighted by molar-refractivity contribution is 4.98. The summed E-state index contributed by atoms with van der Waals surface area (Å²) in [4.78, 5) is 0. The molecule has 0 nitrogen and oxygen atoms in total. The van der Waals surface area contributed by atoms with E-state index < -0.39 is 0 Å². The molecule has 3 fully saturated rings. The lowest BCUT2D eigenvalue weighted by atomic mass is 9.52. The van der Waals surface area contributed by atoms with Crippen LogP contribution in [0.5, 0.6) is 0 Å². The van der Waals surface area contributed by atoms with Crippen LogP contribution >= 0.6 is 0 Å². The zero-order valence-electron chi connectivity index (χ0n) is 10.8. The molecule has 3 saturated carbocycles. The minimum absolute atomic E-state index is 0.798. The zero-order valence-corrected chi connectivity index (χ0v) is 10.8. The summed E-state index contributed by atoms with van der Waals surface area (Å²) in [7, 11) is 0. The number of hydrogen-bond acceptors (Lipinski definition) is 0. The van der Waals surface area contributed by atoms with Crippen molar-refractivity contribution >= 4 is 0 Å². The summed E-state index contributed by atoms with van der Waals surface area (Å²) in [5.41, 5.74) is 1.61. The first kappa shape index (κ1) is 11.5. The first-order valence-corrected chi connectivity index (χ1v) is 7.24. The van der Waals surface area contributed by atoms with Gasteiger partial charge in [-0.2, -0.15) is 0 Å². The predicted molar refractivity (Wildman–Crippen MR) is 67.0 cm³/mol. The second kappa shape index (κ2) is 4.47. The molecule has 0 N–H and O–H groups in total. The van der Waals surface area contributed by atoms with Gasteiger partial charge in [0, 0.05) is 0 Å². The fourth-order valence-electron chi connectivity index (χ4n) is 4.00. The highest BCUT2D eigenvalue weighted by Crippen LogP contribution is 2.59. The number of hydrogen-bond donors (Lipinski definition) is 0. The molecule has 0 heteroatoms. The van der Waals surface area contributed by atoms with Gasteiger partial charge in [-0.05, 0) is 55.8 Å². The molecule has 3 aliphatic carbocycles. The Hall–Kier alpha value is 0. The lowest BCUT2D eigenvalue weighted by Crippen LogP contribution is -2.41. The average Bonchev–Trinajstić information content (AvgIpc) is 2.32. The summed E-state index contributed by atoms with van der Waals surface area (Å²) in [6.07, 6.45) is 16.7. The highest BCUT2D eigenvalue weighted by Gasteiger charge is 2.46. The second-order valence-corrected chi connectivity index (χ2v) is 6.31. The third-order valence-corrected chi connectivity index (χ3v) is 5.62. The van der Waals surface area contributed by atoms with Crippen LogP contribution in [0.4, 0.5) is 0 Å². The first-order valence-electron chi connectivity index (χ1n) is 7.24. The predicted octanol–water partition coefficient (Wildman–Crippen LogP) is 5.32. The van der Waals surface area contributed by atoms with Crippen molar-refractivity contribution in [1.29, 1.82) is 0 Å².